The highest BCUT2D eigenvalue weighted by molar-refractivity contribution is 7.85. The van der Waals surface area contributed by atoms with E-state index in [0.717, 1.165) is 0 Å². The first-order valence-corrected chi connectivity index (χ1v) is 6.20. The maximum absolute atomic E-state index is 9.19. The van der Waals surface area contributed by atoms with Gasteiger partial charge < -0.3 is 25.7 Å². The summed E-state index contributed by atoms with van der Waals surface area (Å²) in [4.78, 5) is 0. The van der Waals surface area contributed by atoms with Crippen LogP contribution in [0.1, 0.15) is 0 Å². The van der Waals surface area contributed by atoms with Crippen molar-refractivity contribution in [1.29, 1.82) is 0 Å². The average molecular weight is 261 g/mol. The van der Waals surface area contributed by atoms with Gasteiger partial charge in [0.25, 0.3) is 10.1 Å². The third-order valence-corrected chi connectivity index (χ3v) is 1.52. The Morgan fingerprint density at radius 1 is 1.06 bits per heavy atom. The van der Waals surface area contributed by atoms with Gasteiger partial charge in [-0.2, -0.15) is 8.42 Å². The van der Waals surface area contributed by atoms with Crippen LogP contribution in [0.5, 0.6) is 0 Å². The van der Waals surface area contributed by atoms with Crippen molar-refractivity contribution in [3.05, 3.63) is 0 Å². The fourth-order valence-electron chi connectivity index (χ4n) is 0.639. The van der Waals surface area contributed by atoms with Gasteiger partial charge in [0, 0.05) is 6.54 Å². The van der Waals surface area contributed by atoms with Crippen LogP contribution in [-0.2, 0) is 10.1 Å². The normalized spacial score (nSPS) is 11.9. The predicted octanol–water partition coefficient (Wildman–Crippen LogP) is -3.21. The number of hydrogen-bond acceptors (Lipinski definition) is 7. The van der Waals surface area contributed by atoms with E-state index >= 15 is 0 Å². The molecule has 0 aromatic carbocycles. The topological polar surface area (TPSA) is 147 Å². The summed E-state index contributed by atoms with van der Waals surface area (Å²) in [5.41, 5.74) is -1.07. The molecular formula is C7H19NO7S. The van der Waals surface area contributed by atoms with Crippen LogP contribution in [-0.4, -0.2) is 78.2 Å². The molecule has 0 unspecified atom stereocenters. The first kappa shape index (κ1) is 18.1. The average Bonchev–Trinajstić information content (AvgIpc) is 2.19. The zero-order valence-corrected chi connectivity index (χ0v) is 9.81. The number of aliphatic hydroxyl groups excluding tert-OH is 4. The minimum absolute atomic E-state index is 0.0955. The molecule has 0 aliphatic rings. The molecule has 100 valence electrons. The van der Waals surface area contributed by atoms with E-state index in [0.29, 0.717) is 6.26 Å². The Balaban J connectivity index is 0. The number of β-amino-alcohol motifs (C(OH)–C–C–N with tert-alkyl or cyclic N) is 1. The van der Waals surface area contributed by atoms with Crippen LogP contribution in [0.25, 0.3) is 0 Å². The van der Waals surface area contributed by atoms with Gasteiger partial charge in [-0.05, 0) is 0 Å². The van der Waals surface area contributed by atoms with Crippen LogP contribution < -0.4 is 5.32 Å². The Labute approximate surface area is 94.3 Å². The van der Waals surface area contributed by atoms with E-state index in [1.54, 1.807) is 0 Å². The van der Waals surface area contributed by atoms with Crippen LogP contribution in [0, 0.1) is 0 Å². The van der Waals surface area contributed by atoms with Crippen molar-refractivity contribution in [1.82, 2.24) is 5.32 Å². The molecule has 0 aromatic rings. The predicted molar refractivity (Wildman–Crippen MR) is 56.5 cm³/mol. The van der Waals surface area contributed by atoms with Gasteiger partial charge in [-0.3, -0.25) is 4.55 Å². The first-order chi connectivity index (χ1) is 7.24. The standard InChI is InChI=1S/C6H15NO4.CH4O3S/c8-2-1-7-6(3-9,4-10)5-11;1-5(2,3)4/h7-11H,1-5H2;1H3,(H,2,3,4). The molecule has 0 spiro atoms. The smallest absolute Gasteiger partial charge is 0.261 e. The third-order valence-electron chi connectivity index (χ3n) is 1.52. The lowest BCUT2D eigenvalue weighted by Crippen LogP contribution is -2.55. The summed E-state index contributed by atoms with van der Waals surface area (Å²) < 4.78 is 25.9. The van der Waals surface area contributed by atoms with Crippen molar-refractivity contribution in [2.24, 2.45) is 0 Å². The van der Waals surface area contributed by atoms with Crippen molar-refractivity contribution >= 4 is 10.1 Å². The zero-order chi connectivity index (χ0) is 13.2. The lowest BCUT2D eigenvalue weighted by Gasteiger charge is -2.28. The largest absolute Gasteiger partial charge is 0.395 e. The molecule has 9 heteroatoms. The maximum Gasteiger partial charge on any atom is 0.261 e. The van der Waals surface area contributed by atoms with Crippen molar-refractivity contribution in [3.8, 4) is 0 Å². The Morgan fingerprint density at radius 2 is 1.38 bits per heavy atom. The van der Waals surface area contributed by atoms with Crippen molar-refractivity contribution < 1.29 is 33.4 Å². The maximum atomic E-state index is 9.19. The lowest BCUT2D eigenvalue weighted by atomic mass is 10.0. The Bertz CT molecular complexity index is 233. The molecule has 0 saturated carbocycles. The molecule has 8 nitrogen and oxygen atoms in total. The molecule has 16 heavy (non-hydrogen) atoms. The summed E-state index contributed by atoms with van der Waals surface area (Å²) in [5.74, 6) is 0. The van der Waals surface area contributed by atoms with E-state index in [1.165, 1.54) is 0 Å². The van der Waals surface area contributed by atoms with E-state index < -0.39 is 15.7 Å². The van der Waals surface area contributed by atoms with Crippen LogP contribution in [0.2, 0.25) is 0 Å². The van der Waals surface area contributed by atoms with Crippen LogP contribution >= 0.6 is 0 Å². The molecule has 0 rings (SSSR count). The molecular weight excluding hydrogens is 242 g/mol. The summed E-state index contributed by atoms with van der Waals surface area (Å²) >= 11 is 0. The minimum atomic E-state index is -3.67. The van der Waals surface area contributed by atoms with Gasteiger partial charge in [-0.25, -0.2) is 0 Å². The van der Waals surface area contributed by atoms with E-state index in [1.807, 2.05) is 0 Å². The van der Waals surface area contributed by atoms with Crippen LogP contribution in [0.15, 0.2) is 0 Å². The van der Waals surface area contributed by atoms with Crippen LogP contribution in [0.4, 0.5) is 0 Å². The summed E-state index contributed by atoms with van der Waals surface area (Å²) in [7, 11) is -3.67. The van der Waals surface area contributed by atoms with Crippen molar-refractivity contribution in [2.45, 2.75) is 5.54 Å². The third kappa shape index (κ3) is 11.8. The van der Waals surface area contributed by atoms with Gasteiger partial charge in [0.05, 0.1) is 38.2 Å². The Hall–Kier alpha value is -0.290. The number of aliphatic hydroxyl groups is 4. The Kier molecular flexibility index (Phi) is 9.96. The molecule has 6 N–H and O–H groups in total. The summed E-state index contributed by atoms with van der Waals surface area (Å²) in [6, 6.07) is 0. The fourth-order valence-corrected chi connectivity index (χ4v) is 0.639. The molecule has 0 fully saturated rings. The quantitative estimate of drug-likeness (QED) is 0.274. The van der Waals surface area contributed by atoms with Gasteiger partial charge in [-0.15, -0.1) is 0 Å². The molecule has 0 bridgehead atoms. The molecule has 0 aliphatic carbocycles. The monoisotopic (exact) mass is 261 g/mol. The van der Waals surface area contributed by atoms with Crippen molar-refractivity contribution in [3.63, 3.8) is 0 Å². The molecule has 0 aromatic heterocycles. The second kappa shape index (κ2) is 8.82. The molecule has 0 atom stereocenters. The molecule has 0 radical (unpaired) electrons. The fraction of sp³-hybridized carbons (Fsp3) is 1.00. The lowest BCUT2D eigenvalue weighted by molar-refractivity contribution is 0.0398. The number of nitrogens with one attached hydrogen (secondary N) is 1. The highest BCUT2D eigenvalue weighted by atomic mass is 32.2. The Morgan fingerprint density at radius 3 is 1.56 bits per heavy atom. The van der Waals surface area contributed by atoms with Gasteiger partial charge in [0.15, 0.2) is 0 Å². The molecule has 0 amide bonds. The van der Waals surface area contributed by atoms with E-state index in [2.05, 4.69) is 5.32 Å². The summed E-state index contributed by atoms with van der Waals surface area (Å²) in [6.45, 7) is -0.941. The van der Waals surface area contributed by atoms with Crippen LogP contribution in [0.3, 0.4) is 0 Å². The summed E-state index contributed by atoms with van der Waals surface area (Å²) in [6.07, 6.45) is 0.715. The first-order valence-electron chi connectivity index (χ1n) is 4.35. The van der Waals surface area contributed by atoms with Gasteiger partial charge in [0.2, 0.25) is 0 Å². The highest BCUT2D eigenvalue weighted by Crippen LogP contribution is 1.99. The zero-order valence-electron chi connectivity index (χ0n) is 9.00. The second-order valence-electron chi connectivity index (χ2n) is 3.14. The SMILES string of the molecule is CS(=O)(=O)O.OCCNC(CO)(CO)CO. The molecule has 0 heterocycles. The van der Waals surface area contributed by atoms with Gasteiger partial charge in [-0.1, -0.05) is 0 Å². The number of rotatable bonds is 6. The highest BCUT2D eigenvalue weighted by Gasteiger charge is 2.26. The molecule has 0 aliphatic heterocycles. The van der Waals surface area contributed by atoms with E-state index in [9.17, 15) is 8.42 Å². The number of hydrogen-bond donors (Lipinski definition) is 6. The van der Waals surface area contributed by atoms with E-state index in [4.69, 9.17) is 25.0 Å². The van der Waals surface area contributed by atoms with Crippen molar-refractivity contribution in [2.75, 3.05) is 39.2 Å². The van der Waals surface area contributed by atoms with Gasteiger partial charge in [0.1, 0.15) is 0 Å². The minimum Gasteiger partial charge on any atom is -0.395 e. The van der Waals surface area contributed by atoms with Gasteiger partial charge >= 0.3 is 0 Å². The van der Waals surface area contributed by atoms with E-state index in [-0.39, 0.29) is 33.0 Å². The summed E-state index contributed by atoms with van der Waals surface area (Å²) in [5, 5.41) is 37.3. The molecule has 0 saturated heterocycles. The second-order valence-corrected chi connectivity index (χ2v) is 4.60.